The molecule has 1 heterocycles. The molecule has 0 radical (unpaired) electrons. The third kappa shape index (κ3) is 3.59. The Hall–Kier alpha value is -0.280. The van der Waals surface area contributed by atoms with Gasteiger partial charge in [-0.25, -0.2) is 0 Å². The summed E-state index contributed by atoms with van der Waals surface area (Å²) in [4.78, 5) is 11.9. The van der Waals surface area contributed by atoms with Crippen LogP contribution < -0.4 is 5.32 Å². The molecule has 1 aliphatic carbocycles. The molecular formula is C13H22ClNO2. The molecule has 0 aromatic carbocycles. The van der Waals surface area contributed by atoms with Crippen LogP contribution in [0.3, 0.4) is 0 Å². The van der Waals surface area contributed by atoms with Gasteiger partial charge in [-0.15, -0.1) is 11.6 Å². The molecule has 0 spiro atoms. The second-order valence-corrected chi connectivity index (χ2v) is 5.57. The van der Waals surface area contributed by atoms with E-state index in [9.17, 15) is 4.79 Å². The zero-order chi connectivity index (χ0) is 12.1. The number of carbonyl (C=O) groups is 1. The summed E-state index contributed by atoms with van der Waals surface area (Å²) < 4.78 is 5.23. The quantitative estimate of drug-likeness (QED) is 0.786. The zero-order valence-corrected chi connectivity index (χ0v) is 11.0. The van der Waals surface area contributed by atoms with Gasteiger partial charge in [0, 0.05) is 19.0 Å². The fraction of sp³-hybridized carbons (Fsp3) is 0.923. The van der Waals surface area contributed by atoms with Crippen molar-refractivity contribution >= 4 is 17.5 Å². The van der Waals surface area contributed by atoms with Gasteiger partial charge in [0.15, 0.2) is 0 Å². The molecule has 1 saturated carbocycles. The van der Waals surface area contributed by atoms with Crippen LogP contribution in [0.15, 0.2) is 0 Å². The lowest BCUT2D eigenvalue weighted by Crippen LogP contribution is -2.38. The van der Waals surface area contributed by atoms with Gasteiger partial charge in [0.05, 0.1) is 12.5 Å². The van der Waals surface area contributed by atoms with Crippen molar-refractivity contribution in [2.45, 2.75) is 32.1 Å². The number of ether oxygens (including phenoxy) is 1. The van der Waals surface area contributed by atoms with Gasteiger partial charge in [0.1, 0.15) is 0 Å². The molecule has 2 aliphatic rings. The van der Waals surface area contributed by atoms with Crippen LogP contribution in [-0.2, 0) is 9.53 Å². The highest BCUT2D eigenvalue weighted by atomic mass is 35.5. The third-order valence-corrected chi connectivity index (χ3v) is 4.50. The average molecular weight is 260 g/mol. The number of halogens is 1. The molecule has 4 heteroatoms. The average Bonchev–Trinajstić information content (AvgIpc) is 2.90. The number of nitrogens with one attached hydrogen (secondary N) is 1. The maximum atomic E-state index is 11.9. The second-order valence-electron chi connectivity index (χ2n) is 5.26. The Balaban J connectivity index is 1.74. The fourth-order valence-corrected chi connectivity index (χ4v) is 3.28. The lowest BCUT2D eigenvalue weighted by Gasteiger charge is -2.30. The summed E-state index contributed by atoms with van der Waals surface area (Å²) in [6, 6.07) is 0. The molecule has 0 aromatic heterocycles. The molecule has 3 nitrogen and oxygen atoms in total. The molecule has 1 amide bonds. The molecule has 0 aromatic rings. The van der Waals surface area contributed by atoms with E-state index in [-0.39, 0.29) is 11.8 Å². The van der Waals surface area contributed by atoms with E-state index in [0.29, 0.717) is 18.4 Å². The molecule has 98 valence electrons. The van der Waals surface area contributed by atoms with E-state index in [1.54, 1.807) is 0 Å². The molecule has 0 bridgehead atoms. The number of hydrogen-bond donors (Lipinski definition) is 1. The van der Waals surface area contributed by atoms with E-state index in [0.717, 1.165) is 25.5 Å². The predicted molar refractivity (Wildman–Crippen MR) is 68.1 cm³/mol. The topological polar surface area (TPSA) is 38.3 Å². The van der Waals surface area contributed by atoms with Crippen LogP contribution >= 0.6 is 11.6 Å². The highest BCUT2D eigenvalue weighted by Crippen LogP contribution is 2.30. The SMILES string of the molecule is O=C(NCC1CCCCC1CCl)C1CCOC1. The summed E-state index contributed by atoms with van der Waals surface area (Å²) in [7, 11) is 0. The maximum Gasteiger partial charge on any atom is 0.225 e. The van der Waals surface area contributed by atoms with Crippen LogP contribution in [-0.4, -0.2) is 31.5 Å². The fourth-order valence-electron chi connectivity index (χ4n) is 2.87. The first-order valence-corrected chi connectivity index (χ1v) is 7.26. The first-order chi connectivity index (χ1) is 8.31. The van der Waals surface area contributed by atoms with E-state index in [4.69, 9.17) is 16.3 Å². The first kappa shape index (κ1) is 13.2. The van der Waals surface area contributed by atoms with Gasteiger partial charge in [-0.2, -0.15) is 0 Å². The van der Waals surface area contributed by atoms with Crippen molar-refractivity contribution in [3.63, 3.8) is 0 Å². The van der Waals surface area contributed by atoms with Crippen molar-refractivity contribution in [1.82, 2.24) is 5.32 Å². The Bertz CT molecular complexity index is 254. The summed E-state index contributed by atoms with van der Waals surface area (Å²) in [6.45, 7) is 2.12. The summed E-state index contributed by atoms with van der Waals surface area (Å²) in [6.07, 6.45) is 5.86. The van der Waals surface area contributed by atoms with Gasteiger partial charge in [-0.3, -0.25) is 4.79 Å². The zero-order valence-electron chi connectivity index (χ0n) is 10.3. The minimum atomic E-state index is 0.0769. The van der Waals surface area contributed by atoms with Crippen molar-refractivity contribution in [1.29, 1.82) is 0 Å². The number of hydrogen-bond acceptors (Lipinski definition) is 2. The van der Waals surface area contributed by atoms with Crippen LogP contribution in [0.2, 0.25) is 0 Å². The summed E-state index contributed by atoms with van der Waals surface area (Å²) in [5.74, 6) is 2.14. The van der Waals surface area contributed by atoms with Crippen LogP contribution in [0.25, 0.3) is 0 Å². The van der Waals surface area contributed by atoms with Crippen molar-refractivity contribution in [3.05, 3.63) is 0 Å². The summed E-state index contributed by atoms with van der Waals surface area (Å²) in [5.41, 5.74) is 0. The molecule has 3 atom stereocenters. The number of carbonyl (C=O) groups excluding carboxylic acids is 1. The van der Waals surface area contributed by atoms with E-state index in [1.165, 1.54) is 25.7 Å². The molecule has 1 aliphatic heterocycles. The van der Waals surface area contributed by atoms with Crippen molar-refractivity contribution in [3.8, 4) is 0 Å². The Morgan fingerprint density at radius 2 is 2.00 bits per heavy atom. The lowest BCUT2D eigenvalue weighted by atomic mass is 9.80. The minimum Gasteiger partial charge on any atom is -0.381 e. The van der Waals surface area contributed by atoms with Gasteiger partial charge >= 0.3 is 0 Å². The van der Waals surface area contributed by atoms with Gasteiger partial charge in [0.25, 0.3) is 0 Å². The molecule has 2 fully saturated rings. The van der Waals surface area contributed by atoms with E-state index < -0.39 is 0 Å². The van der Waals surface area contributed by atoms with Crippen LogP contribution in [0.4, 0.5) is 0 Å². The maximum absolute atomic E-state index is 11.9. The van der Waals surface area contributed by atoms with Gasteiger partial charge < -0.3 is 10.1 Å². The largest absolute Gasteiger partial charge is 0.381 e. The van der Waals surface area contributed by atoms with Crippen LogP contribution in [0, 0.1) is 17.8 Å². The lowest BCUT2D eigenvalue weighted by molar-refractivity contribution is -0.125. The van der Waals surface area contributed by atoms with E-state index in [2.05, 4.69) is 5.32 Å². The number of rotatable bonds is 4. The second kappa shape index (κ2) is 6.60. The van der Waals surface area contributed by atoms with Gasteiger partial charge in [-0.1, -0.05) is 12.8 Å². The first-order valence-electron chi connectivity index (χ1n) is 6.72. The monoisotopic (exact) mass is 259 g/mol. The van der Waals surface area contributed by atoms with E-state index in [1.807, 2.05) is 0 Å². The smallest absolute Gasteiger partial charge is 0.225 e. The molecule has 2 rings (SSSR count). The Morgan fingerprint density at radius 3 is 2.65 bits per heavy atom. The molecule has 1 N–H and O–H groups in total. The van der Waals surface area contributed by atoms with Crippen molar-refractivity contribution < 1.29 is 9.53 Å². The van der Waals surface area contributed by atoms with Crippen molar-refractivity contribution in [2.75, 3.05) is 25.6 Å². The predicted octanol–water partition coefficient (Wildman–Crippen LogP) is 2.18. The normalized spacial score (nSPS) is 33.6. The van der Waals surface area contributed by atoms with Crippen LogP contribution in [0.5, 0.6) is 0 Å². The Morgan fingerprint density at radius 1 is 1.24 bits per heavy atom. The van der Waals surface area contributed by atoms with Crippen LogP contribution in [0.1, 0.15) is 32.1 Å². The standard InChI is InChI=1S/C13H22ClNO2/c14-7-10-3-1-2-4-11(10)8-15-13(16)12-5-6-17-9-12/h10-12H,1-9H2,(H,15,16). The summed E-state index contributed by atoms with van der Waals surface area (Å²) in [5, 5.41) is 3.08. The minimum absolute atomic E-state index is 0.0769. The highest BCUT2D eigenvalue weighted by molar-refractivity contribution is 6.18. The van der Waals surface area contributed by atoms with Crippen molar-refractivity contribution in [2.24, 2.45) is 17.8 Å². The van der Waals surface area contributed by atoms with Gasteiger partial charge in [-0.05, 0) is 31.1 Å². The third-order valence-electron chi connectivity index (χ3n) is 4.10. The summed E-state index contributed by atoms with van der Waals surface area (Å²) >= 11 is 5.98. The molecule has 3 unspecified atom stereocenters. The Kier molecular flexibility index (Phi) is 5.11. The molecular weight excluding hydrogens is 238 g/mol. The van der Waals surface area contributed by atoms with E-state index >= 15 is 0 Å². The Labute approximate surface area is 108 Å². The molecule has 1 saturated heterocycles. The molecule has 17 heavy (non-hydrogen) atoms. The number of amides is 1. The van der Waals surface area contributed by atoms with Gasteiger partial charge in [0.2, 0.25) is 5.91 Å². The number of alkyl halides is 1. The highest BCUT2D eigenvalue weighted by Gasteiger charge is 2.27.